The zero-order chi connectivity index (χ0) is 71.5. The minimum Gasteiger partial charge on any atom is -0.0622 e. The number of esters is 2. The van der Waals surface area contributed by atoms with Gasteiger partial charge in [-0.05, 0) is 156 Å². The van der Waals surface area contributed by atoms with Crippen molar-refractivity contribution in [2.75, 3.05) is 14.2 Å². The monoisotopic (exact) mass is 1550 g/mol. The largest absolute Gasteiger partial charge is 0.0622 e. The molecular weight excluding hydrogens is 1480 g/mol. The SMILES string of the molecule is CC(C)(C)OC(=O)n1cc(Cl)c2cc(CCl)ccc21.COC(=O)c1ccnc(C)c1.COC(=O)c1ccnc(Cc2ccc3c(c2)c(Cl)cn3C(=O)OC(C)(C)C)c1.[Cl][Pd][Cl].c1ccc(P(c2ccccc2)c2ccccc2)cc1.c1ccc(P(c2ccccc2)c2ccccc2)cc1. The van der Waals surface area contributed by atoms with Crippen LogP contribution in [0.2, 0.25) is 10.0 Å². The topological polar surface area (TPSA) is 141 Å². The first-order chi connectivity index (χ1) is 47.5. The third kappa shape index (κ3) is 24.1. The van der Waals surface area contributed by atoms with E-state index in [0.717, 1.165) is 33.3 Å². The van der Waals surface area contributed by atoms with Crippen LogP contribution in [0.15, 0.2) is 267 Å². The molecular formula is C79H75Cl5N4O8P2Pd. The molecule has 12 nitrogen and oxygen atoms in total. The zero-order valence-corrected chi connectivity index (χ0v) is 63.1. The summed E-state index contributed by atoms with van der Waals surface area (Å²) in [6.07, 6.45) is 5.87. The average molecular weight is 1550 g/mol. The summed E-state index contributed by atoms with van der Waals surface area (Å²) in [7, 11) is 11.4. The maximum absolute atomic E-state index is 12.4. The fourth-order valence-corrected chi connectivity index (χ4v) is 15.0. The number of hydrogen-bond acceptors (Lipinski definition) is 10. The molecule has 20 heteroatoms. The third-order valence-electron chi connectivity index (χ3n) is 14.0. The van der Waals surface area contributed by atoms with Crippen molar-refractivity contribution in [2.45, 2.75) is 72.0 Å². The normalized spacial score (nSPS) is 10.8. The number of benzene rings is 8. The van der Waals surface area contributed by atoms with Crippen LogP contribution in [0.25, 0.3) is 21.8 Å². The number of hydrogen-bond donors (Lipinski definition) is 0. The summed E-state index contributed by atoms with van der Waals surface area (Å²) in [5.74, 6) is -0.323. The van der Waals surface area contributed by atoms with Gasteiger partial charge in [0.25, 0.3) is 0 Å². The second-order valence-corrected chi connectivity index (χ2v) is 31.5. The molecule has 8 aromatic carbocycles. The van der Waals surface area contributed by atoms with E-state index >= 15 is 0 Å². The molecule has 0 aliphatic heterocycles. The van der Waals surface area contributed by atoms with Gasteiger partial charge in [0, 0.05) is 59.2 Å². The molecule has 0 fully saturated rings. The van der Waals surface area contributed by atoms with E-state index in [4.69, 9.17) is 68.1 Å². The van der Waals surface area contributed by atoms with Crippen molar-refractivity contribution in [1.29, 1.82) is 0 Å². The van der Waals surface area contributed by atoms with Crippen LogP contribution in [-0.4, -0.2) is 68.6 Å². The summed E-state index contributed by atoms with van der Waals surface area (Å²) in [5, 5.41) is 10.9. The average Bonchev–Trinajstić information content (AvgIpc) is 1.72. The van der Waals surface area contributed by atoms with Crippen LogP contribution in [0.5, 0.6) is 0 Å². The number of aromatic nitrogens is 4. The molecule has 0 aliphatic carbocycles. The molecule has 4 heterocycles. The predicted molar refractivity (Wildman–Crippen MR) is 407 cm³/mol. The van der Waals surface area contributed by atoms with Crippen molar-refractivity contribution in [1.82, 2.24) is 19.1 Å². The Morgan fingerprint density at radius 1 is 0.444 bits per heavy atom. The van der Waals surface area contributed by atoms with Gasteiger partial charge in [-0.15, -0.1) is 11.6 Å². The summed E-state index contributed by atoms with van der Waals surface area (Å²) in [5.41, 5.74) is 4.67. The summed E-state index contributed by atoms with van der Waals surface area (Å²) in [6.45, 7) is 12.7. The van der Waals surface area contributed by atoms with Crippen LogP contribution in [0.1, 0.15) is 84.8 Å². The van der Waals surface area contributed by atoms with E-state index in [1.807, 2.05) is 84.9 Å². The Morgan fingerprint density at radius 2 is 0.758 bits per heavy atom. The number of methoxy groups -OCH3 is 2. The second kappa shape index (κ2) is 39.1. The fraction of sp³-hybridized carbons (Fsp3) is 0.165. The molecule has 0 bridgehead atoms. The first kappa shape index (κ1) is 78.3. The number of carbonyl (C=O) groups is 4. The van der Waals surface area contributed by atoms with Crippen LogP contribution in [0.4, 0.5) is 9.59 Å². The Morgan fingerprint density at radius 3 is 1.07 bits per heavy atom. The van der Waals surface area contributed by atoms with Crippen molar-refractivity contribution in [3.8, 4) is 0 Å². The van der Waals surface area contributed by atoms with Gasteiger partial charge in [0.2, 0.25) is 0 Å². The third-order valence-corrected chi connectivity index (χ3v) is 19.8. The molecule has 0 radical (unpaired) electrons. The predicted octanol–water partition coefficient (Wildman–Crippen LogP) is 19.1. The number of alkyl halides is 1. The smallest absolute Gasteiger partial charge is 0.0134 e. The number of nitrogens with zero attached hydrogens (tertiary/aromatic N) is 4. The molecule has 0 aliphatic rings. The zero-order valence-electron chi connectivity index (χ0n) is 56.0. The minimum absolute atomic E-state index is 0.106. The van der Waals surface area contributed by atoms with Crippen LogP contribution in [-0.2, 0) is 47.2 Å². The van der Waals surface area contributed by atoms with Gasteiger partial charge in [0.1, 0.15) is 11.2 Å². The summed E-state index contributed by atoms with van der Waals surface area (Å²) < 4.78 is 22.9. The molecule has 0 atom stereocenters. The van der Waals surface area contributed by atoms with E-state index in [0.29, 0.717) is 44.5 Å². The second-order valence-electron chi connectivity index (χ2n) is 23.6. The van der Waals surface area contributed by atoms with Crippen molar-refractivity contribution in [3.63, 3.8) is 0 Å². The van der Waals surface area contributed by atoms with Gasteiger partial charge in [0.15, 0.2) is 0 Å². The van der Waals surface area contributed by atoms with Gasteiger partial charge in [-0.1, -0.05) is 217 Å². The molecule has 12 aromatic rings. The van der Waals surface area contributed by atoms with Gasteiger partial charge < -0.3 is 18.9 Å². The molecule has 0 amide bonds. The van der Waals surface area contributed by atoms with Gasteiger partial charge in [-0.25, -0.2) is 19.2 Å². The van der Waals surface area contributed by atoms with Crippen LogP contribution in [0, 0.1) is 6.92 Å². The molecule has 4 aromatic heterocycles. The van der Waals surface area contributed by atoms with Gasteiger partial charge in [-0.3, -0.25) is 19.1 Å². The van der Waals surface area contributed by atoms with E-state index in [1.54, 1.807) is 49.1 Å². The van der Waals surface area contributed by atoms with E-state index in [1.165, 1.54) is 55.2 Å². The van der Waals surface area contributed by atoms with Crippen LogP contribution >= 0.6 is 69.7 Å². The molecule has 12 rings (SSSR count). The number of halogens is 5. The maximum atomic E-state index is 12.4. The first-order valence-corrected chi connectivity index (χ1v) is 38.9. The van der Waals surface area contributed by atoms with E-state index in [2.05, 4.69) is 197 Å². The van der Waals surface area contributed by atoms with E-state index < -0.39 is 45.2 Å². The van der Waals surface area contributed by atoms with Gasteiger partial charge in [0.05, 0.1) is 46.4 Å². The van der Waals surface area contributed by atoms with E-state index in [-0.39, 0.29) is 21.9 Å². The van der Waals surface area contributed by atoms with Gasteiger partial charge in [-0.2, -0.15) is 0 Å². The van der Waals surface area contributed by atoms with Crippen LogP contribution < -0.4 is 31.8 Å². The Labute approximate surface area is 613 Å². The number of fused-ring (bicyclic) bond motifs is 2. The van der Waals surface area contributed by atoms with E-state index in [9.17, 15) is 19.2 Å². The standard InChI is InChI=1S/C21H21ClN2O4.2C18H15P.C14H15Cl2NO2.C8H9NO2.2ClH.Pd/c1-21(2,3)28-20(26)24-12-17(22)16-10-13(5-6-18(16)24)9-15-11-14(7-8-23-15)19(25)27-4;2*1-4-10-16(11-5-1)19(17-12-6-2-7-13-17)18-14-8-3-9-15-18;1-14(2,3)19-13(18)17-8-11(16)10-6-9(7-15)4-5-12(10)17;1-6-5-7(3-4-9-6)8(10)11-2;;;/h5-8,10-12H,9H2,1-4H3;2*1-15H;4-6,8H,7H2,1-3H3;3-5H,1-2H3;2*1H;/q;;;;;;;+2/p-2. The number of ether oxygens (including phenoxy) is 4. The number of aryl methyl sites for hydroxylation is 1. The Hall–Kier alpha value is -8.01. The number of carbonyl (C=O) groups excluding carboxylic acids is 4. The van der Waals surface area contributed by atoms with Crippen molar-refractivity contribution in [2.24, 2.45) is 0 Å². The van der Waals surface area contributed by atoms with Crippen molar-refractivity contribution >= 4 is 147 Å². The van der Waals surface area contributed by atoms with Crippen LogP contribution in [0.3, 0.4) is 0 Å². The minimum atomic E-state index is -0.601. The number of rotatable bonds is 11. The summed E-state index contributed by atoms with van der Waals surface area (Å²) in [6, 6.07) is 82.5. The number of pyridine rings is 2. The molecule has 0 saturated heterocycles. The summed E-state index contributed by atoms with van der Waals surface area (Å²) >= 11 is 18.2. The maximum Gasteiger partial charge on any atom is -0.0134 e. The molecule has 0 spiro atoms. The molecule has 0 unspecified atom stereocenters. The van der Waals surface area contributed by atoms with Gasteiger partial charge >= 0.3 is 59.1 Å². The molecule has 0 N–H and O–H groups in total. The Kier molecular flexibility index (Phi) is 30.9. The van der Waals surface area contributed by atoms with Crippen molar-refractivity contribution in [3.05, 3.63) is 311 Å². The first-order valence-electron chi connectivity index (χ1n) is 30.9. The molecule has 514 valence electrons. The quantitative estimate of drug-likeness (QED) is 0.0404. The molecule has 0 saturated carbocycles. The Bertz CT molecular complexity index is 4220. The van der Waals surface area contributed by atoms with Crippen molar-refractivity contribution < 1.29 is 54.1 Å². The fourth-order valence-electron chi connectivity index (χ4n) is 9.77. The summed E-state index contributed by atoms with van der Waals surface area (Å²) in [4.78, 5) is 55.4. The molecule has 99 heavy (non-hydrogen) atoms. The Balaban J connectivity index is 0.000000176.